The SMILES string of the molecule is CCCC1CC1Nc1ncc(Br)cc1Br. The molecule has 4 heteroatoms. The molecule has 0 bridgehead atoms. The Morgan fingerprint density at radius 1 is 1.53 bits per heavy atom. The van der Waals surface area contributed by atoms with Gasteiger partial charge in [-0.15, -0.1) is 0 Å². The molecule has 2 unspecified atom stereocenters. The summed E-state index contributed by atoms with van der Waals surface area (Å²) < 4.78 is 2.03. The van der Waals surface area contributed by atoms with E-state index in [1.165, 1.54) is 19.3 Å². The highest BCUT2D eigenvalue weighted by Gasteiger charge is 2.36. The second-order valence-electron chi connectivity index (χ2n) is 4.02. The van der Waals surface area contributed by atoms with E-state index in [-0.39, 0.29) is 0 Å². The minimum Gasteiger partial charge on any atom is -0.366 e. The van der Waals surface area contributed by atoms with Gasteiger partial charge >= 0.3 is 0 Å². The van der Waals surface area contributed by atoms with Gasteiger partial charge in [-0.05, 0) is 56.7 Å². The summed E-state index contributed by atoms with van der Waals surface area (Å²) in [6.45, 7) is 2.24. The minimum absolute atomic E-state index is 0.634. The molecule has 1 fully saturated rings. The third-order valence-corrected chi connectivity index (χ3v) is 3.75. The van der Waals surface area contributed by atoms with Gasteiger partial charge in [0.15, 0.2) is 0 Å². The highest BCUT2D eigenvalue weighted by atomic mass is 79.9. The lowest BCUT2D eigenvalue weighted by Crippen LogP contribution is -2.06. The van der Waals surface area contributed by atoms with Gasteiger partial charge in [-0.25, -0.2) is 4.98 Å². The first kappa shape index (κ1) is 11.4. The lowest BCUT2D eigenvalue weighted by Gasteiger charge is -2.06. The predicted octanol–water partition coefficient (Wildman–Crippen LogP) is 4.21. The molecule has 1 saturated carbocycles. The van der Waals surface area contributed by atoms with Gasteiger partial charge in [0.05, 0.1) is 4.47 Å². The zero-order valence-electron chi connectivity index (χ0n) is 8.63. The third-order valence-electron chi connectivity index (χ3n) is 2.71. The molecular weight excluding hydrogens is 320 g/mol. The molecule has 0 aromatic carbocycles. The van der Waals surface area contributed by atoms with Crippen LogP contribution in [0.4, 0.5) is 5.82 Å². The Labute approximate surface area is 107 Å². The van der Waals surface area contributed by atoms with Gasteiger partial charge in [0, 0.05) is 16.7 Å². The van der Waals surface area contributed by atoms with E-state index in [2.05, 4.69) is 49.1 Å². The first-order valence-corrected chi connectivity index (χ1v) is 6.87. The quantitative estimate of drug-likeness (QED) is 0.892. The van der Waals surface area contributed by atoms with Gasteiger partial charge in [-0.3, -0.25) is 0 Å². The maximum Gasteiger partial charge on any atom is 0.140 e. The number of hydrogen-bond donors (Lipinski definition) is 1. The molecule has 82 valence electrons. The molecule has 0 spiro atoms. The smallest absolute Gasteiger partial charge is 0.140 e. The molecule has 1 aromatic heterocycles. The minimum atomic E-state index is 0.634. The Bertz CT molecular complexity index is 354. The van der Waals surface area contributed by atoms with E-state index >= 15 is 0 Å². The van der Waals surface area contributed by atoms with Crippen LogP contribution in [0.1, 0.15) is 26.2 Å². The molecule has 0 amide bonds. The van der Waals surface area contributed by atoms with E-state index in [1.54, 1.807) is 0 Å². The van der Waals surface area contributed by atoms with Crippen LogP contribution < -0.4 is 5.32 Å². The molecule has 2 nitrogen and oxygen atoms in total. The van der Waals surface area contributed by atoms with Crippen molar-refractivity contribution in [1.29, 1.82) is 0 Å². The van der Waals surface area contributed by atoms with Crippen molar-refractivity contribution in [2.24, 2.45) is 5.92 Å². The van der Waals surface area contributed by atoms with Crippen molar-refractivity contribution in [2.75, 3.05) is 5.32 Å². The molecule has 2 atom stereocenters. The molecule has 1 aromatic rings. The second-order valence-corrected chi connectivity index (χ2v) is 5.79. The van der Waals surface area contributed by atoms with Gasteiger partial charge in [0.2, 0.25) is 0 Å². The monoisotopic (exact) mass is 332 g/mol. The van der Waals surface area contributed by atoms with Crippen molar-refractivity contribution in [1.82, 2.24) is 4.98 Å². The largest absolute Gasteiger partial charge is 0.366 e. The van der Waals surface area contributed by atoms with Crippen molar-refractivity contribution in [3.05, 3.63) is 21.2 Å². The number of pyridine rings is 1. The Hall–Kier alpha value is -0.0900. The van der Waals surface area contributed by atoms with E-state index < -0.39 is 0 Å². The molecule has 0 saturated heterocycles. The fourth-order valence-electron chi connectivity index (χ4n) is 1.81. The topological polar surface area (TPSA) is 24.9 Å². The van der Waals surface area contributed by atoms with Crippen LogP contribution in [0, 0.1) is 5.92 Å². The zero-order valence-corrected chi connectivity index (χ0v) is 11.8. The van der Waals surface area contributed by atoms with Gasteiger partial charge in [0.25, 0.3) is 0 Å². The molecule has 15 heavy (non-hydrogen) atoms. The average Bonchev–Trinajstić information content (AvgIpc) is 2.90. The number of rotatable bonds is 4. The standard InChI is InChI=1S/C11H14Br2N2/c1-2-3-7-4-10(7)15-11-9(13)5-8(12)6-14-11/h5-7,10H,2-4H2,1H3,(H,14,15). The van der Waals surface area contributed by atoms with Crippen molar-refractivity contribution >= 4 is 37.7 Å². The molecular formula is C11H14Br2N2. The molecule has 1 N–H and O–H groups in total. The summed E-state index contributed by atoms with van der Waals surface area (Å²) in [7, 11) is 0. The summed E-state index contributed by atoms with van der Waals surface area (Å²) >= 11 is 6.90. The number of aromatic nitrogens is 1. The van der Waals surface area contributed by atoms with Gasteiger partial charge < -0.3 is 5.32 Å². The first-order valence-electron chi connectivity index (χ1n) is 5.28. The van der Waals surface area contributed by atoms with Crippen molar-refractivity contribution in [2.45, 2.75) is 32.2 Å². The highest BCUT2D eigenvalue weighted by Crippen LogP contribution is 2.38. The van der Waals surface area contributed by atoms with Gasteiger partial charge in [0.1, 0.15) is 5.82 Å². The Morgan fingerprint density at radius 3 is 3.00 bits per heavy atom. The van der Waals surface area contributed by atoms with E-state index in [4.69, 9.17) is 0 Å². The normalized spacial score (nSPS) is 23.9. The summed E-state index contributed by atoms with van der Waals surface area (Å²) in [5.41, 5.74) is 0. The van der Waals surface area contributed by atoms with Crippen LogP contribution in [-0.4, -0.2) is 11.0 Å². The van der Waals surface area contributed by atoms with Crippen molar-refractivity contribution in [3.8, 4) is 0 Å². The maximum absolute atomic E-state index is 4.35. The zero-order chi connectivity index (χ0) is 10.8. The third kappa shape index (κ3) is 2.94. The lowest BCUT2D eigenvalue weighted by molar-refractivity contribution is 0.692. The van der Waals surface area contributed by atoms with Gasteiger partial charge in [-0.1, -0.05) is 13.3 Å². The van der Waals surface area contributed by atoms with Gasteiger partial charge in [-0.2, -0.15) is 0 Å². The summed E-state index contributed by atoms with van der Waals surface area (Å²) in [4.78, 5) is 4.35. The summed E-state index contributed by atoms with van der Waals surface area (Å²) in [5, 5.41) is 3.47. The van der Waals surface area contributed by atoms with Crippen LogP contribution in [0.3, 0.4) is 0 Å². The molecule has 1 aliphatic carbocycles. The molecule has 1 heterocycles. The van der Waals surface area contributed by atoms with E-state index in [0.717, 1.165) is 20.7 Å². The first-order chi connectivity index (χ1) is 7.20. The Balaban J connectivity index is 1.95. The van der Waals surface area contributed by atoms with E-state index in [9.17, 15) is 0 Å². The molecule has 0 radical (unpaired) electrons. The maximum atomic E-state index is 4.35. The second kappa shape index (κ2) is 4.83. The van der Waals surface area contributed by atoms with Crippen LogP contribution in [0.25, 0.3) is 0 Å². The number of anilines is 1. The Morgan fingerprint density at radius 2 is 2.33 bits per heavy atom. The van der Waals surface area contributed by atoms with E-state index in [0.29, 0.717) is 6.04 Å². The van der Waals surface area contributed by atoms with E-state index in [1.807, 2.05) is 12.3 Å². The van der Waals surface area contributed by atoms with Crippen LogP contribution in [-0.2, 0) is 0 Å². The molecule has 0 aliphatic heterocycles. The van der Waals surface area contributed by atoms with Crippen LogP contribution in [0.2, 0.25) is 0 Å². The van der Waals surface area contributed by atoms with Crippen LogP contribution in [0.15, 0.2) is 21.2 Å². The van der Waals surface area contributed by atoms with Crippen molar-refractivity contribution in [3.63, 3.8) is 0 Å². The highest BCUT2D eigenvalue weighted by molar-refractivity contribution is 9.11. The molecule has 1 aliphatic rings. The summed E-state index contributed by atoms with van der Waals surface area (Å²) in [6.07, 6.45) is 5.71. The predicted molar refractivity (Wildman–Crippen MR) is 70.1 cm³/mol. The van der Waals surface area contributed by atoms with Crippen LogP contribution in [0.5, 0.6) is 0 Å². The number of nitrogens with one attached hydrogen (secondary N) is 1. The average molecular weight is 334 g/mol. The molecule has 2 rings (SSSR count). The van der Waals surface area contributed by atoms with Crippen molar-refractivity contribution < 1.29 is 0 Å². The Kier molecular flexibility index (Phi) is 3.67. The number of hydrogen-bond acceptors (Lipinski definition) is 2. The fraction of sp³-hybridized carbons (Fsp3) is 0.545. The summed E-state index contributed by atoms with van der Waals surface area (Å²) in [5.74, 6) is 1.81. The van der Waals surface area contributed by atoms with Crippen LogP contribution >= 0.6 is 31.9 Å². The summed E-state index contributed by atoms with van der Waals surface area (Å²) in [6, 6.07) is 2.65. The number of nitrogens with zero attached hydrogens (tertiary/aromatic N) is 1. The number of halogens is 2. The lowest BCUT2D eigenvalue weighted by atomic mass is 10.2. The fourth-order valence-corrected chi connectivity index (χ4v) is 2.91.